The van der Waals surface area contributed by atoms with Crippen molar-refractivity contribution in [2.24, 2.45) is 40.4 Å². The van der Waals surface area contributed by atoms with Gasteiger partial charge in [0.2, 0.25) is 0 Å². The first-order valence-corrected chi connectivity index (χ1v) is 10.1. The molecule has 7 atom stereocenters. The van der Waals surface area contributed by atoms with E-state index in [0.29, 0.717) is 10.8 Å². The molecule has 0 saturated heterocycles. The standard InChI is InChI=1S/C20H31Br/c1-13-8-10-19(2)14(12-13)4-5-15-16-6-7-18(21)20(16,3)11-9-17(15)19/h7,13-17H,4-6,8-12H2,1-3H3/t13-,14?,15?,16?,17?,19-,20-/m0/s1. The molecule has 0 N–H and O–H groups in total. The molecule has 4 aliphatic rings. The van der Waals surface area contributed by atoms with Crippen molar-refractivity contribution in [3.8, 4) is 0 Å². The maximum atomic E-state index is 3.90. The topological polar surface area (TPSA) is 0 Å². The third-order valence-corrected chi connectivity index (χ3v) is 9.64. The Hall–Kier alpha value is 0.220. The third-order valence-electron chi connectivity index (χ3n) is 8.41. The fraction of sp³-hybridized carbons (Fsp3) is 0.900. The van der Waals surface area contributed by atoms with Crippen molar-refractivity contribution in [3.05, 3.63) is 10.6 Å². The van der Waals surface area contributed by atoms with E-state index in [1.165, 1.54) is 55.8 Å². The highest BCUT2D eigenvalue weighted by atomic mass is 79.9. The summed E-state index contributed by atoms with van der Waals surface area (Å²) in [5.41, 5.74) is 1.15. The fourth-order valence-electron chi connectivity index (χ4n) is 6.99. The number of fused-ring (bicyclic) bond motifs is 5. The highest BCUT2D eigenvalue weighted by Crippen LogP contribution is 2.67. The predicted molar refractivity (Wildman–Crippen MR) is 93.3 cm³/mol. The quantitative estimate of drug-likeness (QED) is 0.464. The lowest BCUT2D eigenvalue weighted by Crippen LogP contribution is -2.52. The van der Waals surface area contributed by atoms with Crippen LogP contribution in [-0.4, -0.2) is 0 Å². The first-order valence-electron chi connectivity index (χ1n) is 9.31. The molecule has 0 bridgehead atoms. The van der Waals surface area contributed by atoms with Gasteiger partial charge in [-0.15, -0.1) is 0 Å². The van der Waals surface area contributed by atoms with Crippen molar-refractivity contribution in [2.45, 2.75) is 72.1 Å². The lowest BCUT2D eigenvalue weighted by molar-refractivity contribution is -0.105. The number of hydrogen-bond donors (Lipinski definition) is 0. The second-order valence-corrected chi connectivity index (χ2v) is 10.1. The van der Waals surface area contributed by atoms with Gasteiger partial charge in [-0.25, -0.2) is 0 Å². The number of hydrogen-bond acceptors (Lipinski definition) is 0. The molecule has 0 radical (unpaired) electrons. The highest BCUT2D eigenvalue weighted by Gasteiger charge is 2.58. The summed E-state index contributed by atoms with van der Waals surface area (Å²) >= 11 is 3.90. The second kappa shape index (κ2) is 4.86. The van der Waals surface area contributed by atoms with Crippen LogP contribution < -0.4 is 0 Å². The summed E-state index contributed by atoms with van der Waals surface area (Å²) in [5, 5.41) is 0. The third kappa shape index (κ3) is 1.98. The van der Waals surface area contributed by atoms with Crippen molar-refractivity contribution >= 4 is 15.9 Å². The van der Waals surface area contributed by atoms with Crippen LogP contribution in [0.2, 0.25) is 0 Å². The van der Waals surface area contributed by atoms with E-state index in [-0.39, 0.29) is 0 Å². The van der Waals surface area contributed by atoms with Gasteiger partial charge in [0, 0.05) is 5.41 Å². The number of halogens is 1. The summed E-state index contributed by atoms with van der Waals surface area (Å²) < 4.78 is 1.53. The van der Waals surface area contributed by atoms with Crippen LogP contribution in [0, 0.1) is 40.4 Å². The number of allylic oxidation sites excluding steroid dienone is 2. The first kappa shape index (κ1) is 14.8. The molecule has 0 nitrogen and oxygen atoms in total. The van der Waals surface area contributed by atoms with Gasteiger partial charge < -0.3 is 0 Å². The minimum absolute atomic E-state index is 0.478. The molecule has 1 heteroatoms. The summed E-state index contributed by atoms with van der Waals surface area (Å²) in [6, 6.07) is 0. The van der Waals surface area contributed by atoms with E-state index in [4.69, 9.17) is 0 Å². The summed E-state index contributed by atoms with van der Waals surface area (Å²) in [6.45, 7) is 7.71. The SMILES string of the molecule is C[C@H]1CC[C@@]2(C)C(CCC3C2CC[C@]2(C)C(Br)=CCC32)C1. The van der Waals surface area contributed by atoms with Crippen molar-refractivity contribution in [1.82, 2.24) is 0 Å². The molecular formula is C20H31Br. The molecule has 0 aromatic rings. The molecule has 118 valence electrons. The van der Waals surface area contributed by atoms with Crippen LogP contribution in [-0.2, 0) is 0 Å². The molecule has 21 heavy (non-hydrogen) atoms. The van der Waals surface area contributed by atoms with Crippen molar-refractivity contribution in [1.29, 1.82) is 0 Å². The Morgan fingerprint density at radius 1 is 1.05 bits per heavy atom. The second-order valence-electron chi connectivity index (χ2n) is 9.28. The lowest BCUT2D eigenvalue weighted by atomic mass is 9.45. The van der Waals surface area contributed by atoms with Crippen LogP contribution in [0.1, 0.15) is 72.1 Å². The Kier molecular flexibility index (Phi) is 3.42. The molecule has 3 fully saturated rings. The van der Waals surface area contributed by atoms with Gasteiger partial charge in [0.25, 0.3) is 0 Å². The Morgan fingerprint density at radius 2 is 1.86 bits per heavy atom. The summed E-state index contributed by atoms with van der Waals surface area (Å²) in [5.74, 6) is 4.97. The smallest absolute Gasteiger partial charge is 0.00216 e. The molecule has 0 spiro atoms. The highest BCUT2D eigenvalue weighted by molar-refractivity contribution is 9.11. The zero-order valence-electron chi connectivity index (χ0n) is 14.0. The molecule has 3 saturated carbocycles. The van der Waals surface area contributed by atoms with E-state index < -0.39 is 0 Å². The van der Waals surface area contributed by atoms with E-state index >= 15 is 0 Å². The van der Waals surface area contributed by atoms with Crippen LogP contribution in [0.5, 0.6) is 0 Å². The van der Waals surface area contributed by atoms with Crippen LogP contribution >= 0.6 is 15.9 Å². The van der Waals surface area contributed by atoms with Crippen molar-refractivity contribution in [3.63, 3.8) is 0 Å². The summed E-state index contributed by atoms with van der Waals surface area (Å²) in [4.78, 5) is 0. The average molecular weight is 351 g/mol. The minimum Gasteiger partial charge on any atom is -0.0735 e. The van der Waals surface area contributed by atoms with Gasteiger partial charge in [-0.3, -0.25) is 0 Å². The van der Waals surface area contributed by atoms with E-state index in [1.807, 2.05) is 0 Å². The lowest BCUT2D eigenvalue weighted by Gasteiger charge is -2.60. The van der Waals surface area contributed by atoms with E-state index in [0.717, 1.165) is 29.6 Å². The fourth-order valence-corrected chi connectivity index (χ4v) is 7.67. The summed E-state index contributed by atoms with van der Waals surface area (Å²) in [6.07, 6.45) is 14.3. The maximum absolute atomic E-state index is 3.90. The molecule has 0 aliphatic heterocycles. The molecule has 0 aromatic carbocycles. The van der Waals surface area contributed by atoms with Crippen LogP contribution in [0.25, 0.3) is 0 Å². The van der Waals surface area contributed by atoms with Crippen molar-refractivity contribution in [2.75, 3.05) is 0 Å². The van der Waals surface area contributed by atoms with Gasteiger partial charge in [-0.2, -0.15) is 0 Å². The first-order chi connectivity index (χ1) is 9.95. The van der Waals surface area contributed by atoms with Gasteiger partial charge in [-0.1, -0.05) is 49.2 Å². The predicted octanol–water partition coefficient (Wildman–Crippen LogP) is 6.55. The van der Waals surface area contributed by atoms with Gasteiger partial charge in [0.1, 0.15) is 0 Å². The Balaban J connectivity index is 1.63. The van der Waals surface area contributed by atoms with Crippen molar-refractivity contribution < 1.29 is 0 Å². The van der Waals surface area contributed by atoms with Crippen LogP contribution in [0.4, 0.5) is 0 Å². The van der Waals surface area contributed by atoms with Crippen LogP contribution in [0.3, 0.4) is 0 Å². The Bertz CT molecular complexity index is 466. The Labute approximate surface area is 139 Å². The zero-order valence-corrected chi connectivity index (χ0v) is 15.6. The van der Waals surface area contributed by atoms with E-state index in [2.05, 4.69) is 42.8 Å². The van der Waals surface area contributed by atoms with E-state index in [1.54, 1.807) is 0 Å². The van der Waals surface area contributed by atoms with Crippen LogP contribution in [0.15, 0.2) is 10.6 Å². The molecular weight excluding hydrogens is 320 g/mol. The molecule has 4 aliphatic carbocycles. The van der Waals surface area contributed by atoms with Gasteiger partial charge in [0.05, 0.1) is 0 Å². The van der Waals surface area contributed by atoms with Gasteiger partial charge >= 0.3 is 0 Å². The monoisotopic (exact) mass is 350 g/mol. The van der Waals surface area contributed by atoms with Gasteiger partial charge in [-0.05, 0) is 84.4 Å². The normalized spacial score (nSPS) is 56.2. The molecule has 0 amide bonds. The number of rotatable bonds is 0. The van der Waals surface area contributed by atoms with Gasteiger partial charge in [0.15, 0.2) is 0 Å². The van der Waals surface area contributed by atoms with E-state index in [9.17, 15) is 0 Å². The molecule has 4 unspecified atom stereocenters. The molecule has 4 rings (SSSR count). The zero-order chi connectivity index (χ0) is 14.8. The summed E-state index contributed by atoms with van der Waals surface area (Å²) in [7, 11) is 0. The average Bonchev–Trinajstić information content (AvgIpc) is 2.76. The molecule has 0 aromatic heterocycles. The minimum atomic E-state index is 0.478. The maximum Gasteiger partial charge on any atom is 0.00216 e. The Morgan fingerprint density at radius 3 is 2.67 bits per heavy atom. The molecule has 0 heterocycles. The largest absolute Gasteiger partial charge is 0.0735 e.